The number of rotatable bonds is 12. The van der Waals surface area contributed by atoms with E-state index in [0.29, 0.717) is 6.61 Å². The first kappa shape index (κ1) is 19.9. The highest BCUT2D eigenvalue weighted by molar-refractivity contribution is 6.99. The second-order valence-corrected chi connectivity index (χ2v) is 13.0. The summed E-state index contributed by atoms with van der Waals surface area (Å²) in [4.78, 5) is 0. The average Bonchev–Trinajstić information content (AvgIpc) is 2.74. The van der Waals surface area contributed by atoms with Gasteiger partial charge in [-0.05, 0) is 21.8 Å². The van der Waals surface area contributed by atoms with Crippen LogP contribution in [0.5, 0.6) is 0 Å². The third-order valence-electron chi connectivity index (χ3n) is 5.45. The van der Waals surface area contributed by atoms with E-state index in [2.05, 4.69) is 76.2 Å². The lowest BCUT2D eigenvalue weighted by molar-refractivity contribution is 0.286. The molecule has 0 unspecified atom stereocenters. The predicted octanol–water partition coefficient (Wildman–Crippen LogP) is 6.70. The molecule has 0 aliphatic heterocycles. The fourth-order valence-corrected chi connectivity index (χ4v) is 8.49. The molecule has 0 N–H and O–H groups in total. The van der Waals surface area contributed by atoms with Crippen molar-refractivity contribution in [3.05, 3.63) is 60.7 Å². The maximum Gasteiger partial charge on any atom is 0.261 e. The van der Waals surface area contributed by atoms with E-state index in [0.717, 1.165) is 12.8 Å². The summed E-state index contributed by atoms with van der Waals surface area (Å²) in [7, 11) is -2.61. The van der Waals surface area contributed by atoms with E-state index in [9.17, 15) is 0 Å². The monoisotopic (exact) mass is 398 g/mol. The molecule has 0 aliphatic carbocycles. The van der Waals surface area contributed by atoms with Crippen LogP contribution in [0.2, 0.25) is 5.04 Å². The van der Waals surface area contributed by atoms with Gasteiger partial charge in [-0.15, -0.1) is 0 Å². The second-order valence-electron chi connectivity index (χ2n) is 8.65. The molecule has 1 nitrogen and oxygen atoms in total. The zero-order chi connectivity index (χ0) is 22.0. The van der Waals surface area contributed by atoms with Crippen LogP contribution < -0.4 is 10.4 Å². The lowest BCUT2D eigenvalue weighted by atomic mass is 10.1. The topological polar surface area (TPSA) is 9.23 Å². The van der Waals surface area contributed by atoms with Crippen LogP contribution in [-0.4, -0.2) is 14.9 Å². The molecule has 0 fully saturated rings. The summed E-state index contributed by atoms with van der Waals surface area (Å²) < 4.78 is 23.9. The smallest absolute Gasteiger partial charge is 0.261 e. The highest BCUT2D eigenvalue weighted by Crippen LogP contribution is 2.36. The van der Waals surface area contributed by atoms with Crippen molar-refractivity contribution < 1.29 is 7.17 Å². The zero-order valence-electron chi connectivity index (χ0n) is 20.3. The Bertz CT molecular complexity index is 675. The molecule has 28 heavy (non-hydrogen) atoms. The molecule has 0 heterocycles. The molecule has 2 aromatic rings. The molecule has 2 rings (SSSR count). The molecule has 0 spiro atoms. The molecular formula is C26H40OSi. The minimum Gasteiger partial charge on any atom is -0.407 e. The lowest BCUT2D eigenvalue weighted by Gasteiger charge is -2.43. The summed E-state index contributed by atoms with van der Waals surface area (Å²) >= 11 is 0. The van der Waals surface area contributed by atoms with E-state index in [1.165, 1.54) is 36.1 Å². The largest absolute Gasteiger partial charge is 0.407 e. The Balaban J connectivity index is 2.20. The first-order chi connectivity index (χ1) is 14.3. The van der Waals surface area contributed by atoms with Gasteiger partial charge in [0.05, 0.1) is 0 Å². The van der Waals surface area contributed by atoms with E-state index in [4.69, 9.17) is 7.17 Å². The molecule has 0 saturated carbocycles. The first-order valence-electron chi connectivity index (χ1n) is 12.1. The van der Waals surface area contributed by atoms with Crippen molar-refractivity contribution >= 4 is 18.7 Å². The van der Waals surface area contributed by atoms with Crippen molar-refractivity contribution in [2.45, 2.75) is 84.1 Å². The Kier molecular flexibility index (Phi) is 8.23. The van der Waals surface area contributed by atoms with Gasteiger partial charge in [-0.1, -0.05) is 133 Å². The van der Waals surface area contributed by atoms with Gasteiger partial charge in [-0.2, -0.15) is 0 Å². The third-order valence-corrected chi connectivity index (χ3v) is 10.5. The summed E-state index contributed by atoms with van der Waals surface area (Å²) in [6.07, 6.45) is 5.85. The van der Waals surface area contributed by atoms with Crippen LogP contribution in [0.15, 0.2) is 60.7 Å². The van der Waals surface area contributed by atoms with Crippen molar-refractivity contribution in [3.8, 4) is 0 Å². The van der Waals surface area contributed by atoms with Gasteiger partial charge in [0.15, 0.2) is 0 Å². The van der Waals surface area contributed by atoms with Crippen LogP contribution in [0, 0.1) is 0 Å². The molecule has 2 heteroatoms. The van der Waals surface area contributed by atoms with E-state index in [1.807, 2.05) is 12.1 Å². The van der Waals surface area contributed by atoms with Crippen molar-refractivity contribution in [2.24, 2.45) is 0 Å². The minimum atomic E-state index is -2.61. The molecule has 0 aromatic heterocycles. The molecule has 0 saturated heterocycles. The maximum absolute atomic E-state index is 8.61. The summed E-state index contributed by atoms with van der Waals surface area (Å²) in [6.45, 7) is 9.30. The fraction of sp³-hybridized carbons (Fsp3) is 0.538. The number of benzene rings is 2. The van der Waals surface area contributed by atoms with E-state index in [-0.39, 0.29) is 11.4 Å². The number of hydrogen-bond acceptors (Lipinski definition) is 1. The van der Waals surface area contributed by atoms with Crippen molar-refractivity contribution in [2.75, 3.05) is 6.61 Å². The zero-order valence-corrected chi connectivity index (χ0v) is 19.3. The SMILES string of the molecule is [2H][C@@H](CCCCCCC)[C@@H]([2H])CO[Si](c1ccccc1)(c1ccccc1)C(C)(C)C. The van der Waals surface area contributed by atoms with Gasteiger partial charge in [0.25, 0.3) is 8.32 Å². The first-order valence-corrected chi connectivity index (χ1v) is 12.8. The number of hydrogen-bond donors (Lipinski definition) is 0. The Morgan fingerprint density at radius 1 is 0.750 bits per heavy atom. The van der Waals surface area contributed by atoms with Gasteiger partial charge in [-0.3, -0.25) is 0 Å². The lowest BCUT2D eigenvalue weighted by Crippen LogP contribution is -2.66. The predicted molar refractivity (Wildman–Crippen MR) is 126 cm³/mol. The Morgan fingerprint density at radius 3 is 1.75 bits per heavy atom. The molecule has 2 aromatic carbocycles. The minimum absolute atomic E-state index is 0.0902. The highest BCUT2D eigenvalue weighted by atomic mass is 28.4. The summed E-state index contributed by atoms with van der Waals surface area (Å²) in [5, 5.41) is 2.38. The Hall–Kier alpha value is -1.38. The average molecular weight is 399 g/mol. The molecule has 154 valence electrons. The third kappa shape index (κ3) is 6.06. The maximum atomic E-state index is 8.61. The van der Waals surface area contributed by atoms with Crippen LogP contribution in [0.4, 0.5) is 0 Å². The van der Waals surface area contributed by atoms with Crippen molar-refractivity contribution in [3.63, 3.8) is 0 Å². The van der Waals surface area contributed by atoms with Gasteiger partial charge < -0.3 is 4.43 Å². The normalized spacial score (nSPS) is 15.6. The van der Waals surface area contributed by atoms with E-state index < -0.39 is 14.7 Å². The number of unbranched alkanes of at least 4 members (excludes halogenated alkanes) is 4. The van der Waals surface area contributed by atoms with Crippen LogP contribution in [0.3, 0.4) is 0 Å². The molecule has 0 amide bonds. The van der Waals surface area contributed by atoms with Gasteiger partial charge in [-0.25, -0.2) is 0 Å². The Labute approximate surface area is 177 Å². The molecular weight excluding hydrogens is 356 g/mol. The molecule has 0 radical (unpaired) electrons. The van der Waals surface area contributed by atoms with Crippen molar-refractivity contribution in [1.82, 2.24) is 0 Å². The molecule has 0 bridgehead atoms. The van der Waals surface area contributed by atoms with Gasteiger partial charge in [0, 0.05) is 9.35 Å². The standard InChI is InChI=1S/C26H40OSi/c1-5-6-7-8-9-10-11-18-23-27-28(26(2,3)4,24-19-14-12-15-20-24)25-21-16-13-17-22-25/h12-17,19-22H,5-11,18,23H2,1-4H3/i11D,18D/t11-,18+/m0/s1. The van der Waals surface area contributed by atoms with E-state index in [1.54, 1.807) is 0 Å². The van der Waals surface area contributed by atoms with Crippen LogP contribution in [0.1, 0.15) is 81.8 Å². The van der Waals surface area contributed by atoms with Gasteiger partial charge >= 0.3 is 0 Å². The second kappa shape index (κ2) is 11.6. The van der Waals surface area contributed by atoms with E-state index >= 15 is 0 Å². The summed E-state index contributed by atoms with van der Waals surface area (Å²) in [6, 6.07) is 21.1. The Morgan fingerprint density at radius 2 is 1.25 bits per heavy atom. The van der Waals surface area contributed by atoms with Crippen molar-refractivity contribution in [1.29, 1.82) is 0 Å². The quantitative estimate of drug-likeness (QED) is 0.285. The van der Waals surface area contributed by atoms with Gasteiger partial charge in [0.1, 0.15) is 0 Å². The van der Waals surface area contributed by atoms with Crippen LogP contribution >= 0.6 is 0 Å². The summed E-state index contributed by atoms with van der Waals surface area (Å²) in [5.41, 5.74) is 0. The highest BCUT2D eigenvalue weighted by Gasteiger charge is 2.49. The summed E-state index contributed by atoms with van der Waals surface area (Å²) in [5.74, 6) is 0. The molecule has 0 aliphatic rings. The van der Waals surface area contributed by atoms with Crippen LogP contribution in [0.25, 0.3) is 0 Å². The van der Waals surface area contributed by atoms with Gasteiger partial charge in [0.2, 0.25) is 0 Å². The van der Waals surface area contributed by atoms with Crippen LogP contribution in [-0.2, 0) is 4.43 Å². The molecule has 2 atom stereocenters. The fourth-order valence-electron chi connectivity index (χ4n) is 3.99.